The average molecular weight is 601 g/mol. The number of nitrogens with zero attached hydrogens (tertiary/aromatic N) is 2. The second-order valence-corrected chi connectivity index (χ2v) is 12.8. The second kappa shape index (κ2) is 9.24. The molecule has 7 aromatic carbocycles. The number of hydrogen-bond acceptors (Lipinski definition) is 1. The summed E-state index contributed by atoms with van der Waals surface area (Å²) in [4.78, 5) is 0. The zero-order chi connectivity index (χ0) is 30.6. The molecule has 1 aliphatic rings. The smallest absolute Gasteiger partial charge is 0.137 e. The summed E-state index contributed by atoms with van der Waals surface area (Å²) in [7, 11) is 0. The molecule has 0 bridgehead atoms. The highest BCUT2D eigenvalue weighted by atomic mass is 16.3. The molecule has 1 aliphatic carbocycles. The molecule has 11 rings (SSSR count). The van der Waals surface area contributed by atoms with Crippen molar-refractivity contribution in [2.24, 2.45) is 0 Å². The van der Waals surface area contributed by atoms with Crippen LogP contribution in [0.1, 0.15) is 17.7 Å². The Balaban J connectivity index is 1.39. The molecule has 0 spiro atoms. The molecule has 0 fully saturated rings. The molecular formula is C44H28N2O. The van der Waals surface area contributed by atoms with Crippen molar-refractivity contribution in [2.75, 3.05) is 0 Å². The van der Waals surface area contributed by atoms with Gasteiger partial charge in [-0.15, -0.1) is 0 Å². The van der Waals surface area contributed by atoms with Gasteiger partial charge in [-0.1, -0.05) is 103 Å². The van der Waals surface area contributed by atoms with Crippen molar-refractivity contribution < 1.29 is 4.42 Å². The molecule has 0 radical (unpaired) electrons. The third-order valence-corrected chi connectivity index (χ3v) is 10.3. The summed E-state index contributed by atoms with van der Waals surface area (Å²) < 4.78 is 11.6. The lowest BCUT2D eigenvalue weighted by Crippen LogP contribution is -1.98. The summed E-state index contributed by atoms with van der Waals surface area (Å²) in [6, 6.07) is 48.8. The van der Waals surface area contributed by atoms with E-state index in [1.54, 1.807) is 0 Å². The maximum Gasteiger partial charge on any atom is 0.137 e. The minimum absolute atomic E-state index is 0.927. The fourth-order valence-electron chi connectivity index (χ4n) is 8.33. The molecule has 0 amide bonds. The van der Waals surface area contributed by atoms with E-state index in [9.17, 15) is 0 Å². The van der Waals surface area contributed by atoms with Crippen LogP contribution in [0.5, 0.6) is 0 Å². The van der Waals surface area contributed by atoms with E-state index in [4.69, 9.17) is 4.42 Å². The lowest BCUT2D eigenvalue weighted by atomic mass is 9.98. The van der Waals surface area contributed by atoms with Crippen molar-refractivity contribution in [3.05, 3.63) is 151 Å². The number of para-hydroxylation sites is 2. The van der Waals surface area contributed by atoms with Crippen LogP contribution in [0.2, 0.25) is 0 Å². The SMILES string of the molecule is C1=Cc2c(oc3cc4ccccc4c(-n4c5ccccc5c5cc6c(cc54)c4c5ccccc5ccc4n6-c4ccccc4)c23)CC1. The molecule has 0 saturated heterocycles. The first kappa shape index (κ1) is 25.2. The second-order valence-electron chi connectivity index (χ2n) is 12.8. The van der Waals surface area contributed by atoms with E-state index < -0.39 is 0 Å². The molecule has 47 heavy (non-hydrogen) atoms. The van der Waals surface area contributed by atoms with Crippen LogP contribution in [0.25, 0.3) is 93.6 Å². The summed E-state index contributed by atoms with van der Waals surface area (Å²) >= 11 is 0. The summed E-state index contributed by atoms with van der Waals surface area (Å²) in [6.45, 7) is 0. The Morgan fingerprint density at radius 3 is 2.11 bits per heavy atom. The summed E-state index contributed by atoms with van der Waals surface area (Å²) in [5.41, 5.74) is 9.35. The molecule has 0 N–H and O–H groups in total. The van der Waals surface area contributed by atoms with Gasteiger partial charge in [0.1, 0.15) is 11.3 Å². The Morgan fingerprint density at radius 2 is 1.21 bits per heavy atom. The summed E-state index contributed by atoms with van der Waals surface area (Å²) in [5, 5.41) is 11.1. The number of aromatic nitrogens is 2. The third kappa shape index (κ3) is 3.35. The Morgan fingerprint density at radius 1 is 0.489 bits per heavy atom. The average Bonchev–Trinajstić information content (AvgIpc) is 3.77. The Kier molecular flexibility index (Phi) is 4.95. The molecule has 0 atom stereocenters. The van der Waals surface area contributed by atoms with Gasteiger partial charge in [-0.3, -0.25) is 0 Å². The van der Waals surface area contributed by atoms with E-state index in [-0.39, 0.29) is 0 Å². The quantitative estimate of drug-likeness (QED) is 0.194. The van der Waals surface area contributed by atoms with Crippen LogP contribution >= 0.6 is 0 Å². The van der Waals surface area contributed by atoms with Gasteiger partial charge in [0.15, 0.2) is 0 Å². The van der Waals surface area contributed by atoms with Crippen molar-refractivity contribution in [1.82, 2.24) is 9.13 Å². The van der Waals surface area contributed by atoms with E-state index >= 15 is 0 Å². The maximum atomic E-state index is 6.62. The van der Waals surface area contributed by atoms with Crippen LogP contribution in [0.3, 0.4) is 0 Å². The number of allylic oxidation sites excluding steroid dienone is 1. The van der Waals surface area contributed by atoms with Gasteiger partial charge in [-0.05, 0) is 65.0 Å². The van der Waals surface area contributed by atoms with Crippen LogP contribution < -0.4 is 0 Å². The standard InChI is InChI=1S/C44H28N2O/c1-2-14-29(15-3-1)45-37-23-22-27-12-4-6-16-30(27)42(37)35-26-38-34(25-39(35)45)32-18-8-10-20-36(32)46(38)44-31-17-7-5-13-28(31)24-41-43(44)33-19-9-11-21-40(33)47-41/h1-10,12-20,22-26H,11,21H2. The number of aryl methyl sites for hydroxylation is 1. The predicted molar refractivity (Wildman–Crippen MR) is 197 cm³/mol. The predicted octanol–water partition coefficient (Wildman–Crippen LogP) is 11.9. The first-order valence-electron chi connectivity index (χ1n) is 16.4. The fourth-order valence-corrected chi connectivity index (χ4v) is 8.33. The number of rotatable bonds is 2. The molecule has 10 aromatic rings. The van der Waals surface area contributed by atoms with Crippen molar-refractivity contribution >= 4 is 82.2 Å². The number of furan rings is 1. The highest BCUT2D eigenvalue weighted by molar-refractivity contribution is 6.26. The van der Waals surface area contributed by atoms with Crippen LogP contribution in [0.4, 0.5) is 0 Å². The highest BCUT2D eigenvalue weighted by Gasteiger charge is 2.25. The van der Waals surface area contributed by atoms with Gasteiger partial charge < -0.3 is 13.6 Å². The number of benzene rings is 7. The molecule has 3 heterocycles. The number of hydrogen-bond donors (Lipinski definition) is 0. The normalized spacial score (nSPS) is 13.3. The molecule has 220 valence electrons. The van der Waals surface area contributed by atoms with E-state index in [2.05, 4.69) is 155 Å². The molecule has 3 aromatic heterocycles. The number of fused-ring (bicyclic) bond motifs is 12. The van der Waals surface area contributed by atoms with Crippen LogP contribution in [0.15, 0.2) is 144 Å². The topological polar surface area (TPSA) is 23.0 Å². The van der Waals surface area contributed by atoms with Gasteiger partial charge in [0.05, 0.1) is 33.1 Å². The largest absolute Gasteiger partial charge is 0.460 e. The van der Waals surface area contributed by atoms with Gasteiger partial charge in [0, 0.05) is 44.6 Å². The molecule has 3 nitrogen and oxygen atoms in total. The van der Waals surface area contributed by atoms with Crippen molar-refractivity contribution in [3.8, 4) is 11.4 Å². The van der Waals surface area contributed by atoms with Crippen molar-refractivity contribution in [3.63, 3.8) is 0 Å². The molecule has 0 saturated carbocycles. The fraction of sp³-hybridized carbons (Fsp3) is 0.0455. The van der Waals surface area contributed by atoms with Crippen LogP contribution in [0, 0.1) is 0 Å². The van der Waals surface area contributed by atoms with Crippen LogP contribution in [-0.2, 0) is 6.42 Å². The van der Waals surface area contributed by atoms with Gasteiger partial charge in [0.2, 0.25) is 0 Å². The third-order valence-electron chi connectivity index (χ3n) is 10.3. The van der Waals surface area contributed by atoms with Gasteiger partial charge in [-0.25, -0.2) is 0 Å². The van der Waals surface area contributed by atoms with E-state index in [0.717, 1.165) is 24.2 Å². The minimum atomic E-state index is 0.927. The zero-order valence-corrected chi connectivity index (χ0v) is 25.6. The Labute approximate surface area is 270 Å². The maximum absolute atomic E-state index is 6.62. The van der Waals surface area contributed by atoms with E-state index in [1.165, 1.54) is 87.5 Å². The first-order valence-corrected chi connectivity index (χ1v) is 16.4. The lowest BCUT2D eigenvalue weighted by Gasteiger charge is -2.14. The van der Waals surface area contributed by atoms with Gasteiger partial charge >= 0.3 is 0 Å². The van der Waals surface area contributed by atoms with E-state index in [0.29, 0.717) is 0 Å². The van der Waals surface area contributed by atoms with Gasteiger partial charge in [-0.2, -0.15) is 0 Å². The molecule has 3 heteroatoms. The molecular weight excluding hydrogens is 572 g/mol. The lowest BCUT2D eigenvalue weighted by molar-refractivity contribution is 0.546. The monoisotopic (exact) mass is 600 g/mol. The Hall–Kier alpha value is -6.06. The Bertz CT molecular complexity index is 2950. The zero-order valence-electron chi connectivity index (χ0n) is 25.6. The van der Waals surface area contributed by atoms with Gasteiger partial charge in [0.25, 0.3) is 0 Å². The van der Waals surface area contributed by atoms with Crippen molar-refractivity contribution in [2.45, 2.75) is 12.8 Å². The van der Waals surface area contributed by atoms with E-state index in [1.807, 2.05) is 0 Å². The van der Waals surface area contributed by atoms with Crippen LogP contribution in [-0.4, -0.2) is 9.13 Å². The minimum Gasteiger partial charge on any atom is -0.460 e. The first-order chi connectivity index (χ1) is 23.3. The molecule has 0 unspecified atom stereocenters. The summed E-state index contributed by atoms with van der Waals surface area (Å²) in [5.74, 6) is 1.08. The highest BCUT2D eigenvalue weighted by Crippen LogP contribution is 2.45. The van der Waals surface area contributed by atoms with Crippen molar-refractivity contribution in [1.29, 1.82) is 0 Å². The molecule has 0 aliphatic heterocycles. The summed E-state index contributed by atoms with van der Waals surface area (Å²) in [6.07, 6.45) is 6.49.